The van der Waals surface area contributed by atoms with Gasteiger partial charge in [0.2, 0.25) is 17.2 Å². The Morgan fingerprint density at radius 3 is 2.45 bits per heavy atom. The van der Waals surface area contributed by atoms with E-state index in [2.05, 4.69) is 25.6 Å². The fraction of sp³-hybridized carbons (Fsp3) is 0.167. The van der Waals surface area contributed by atoms with Crippen LogP contribution in [-0.2, 0) is 0 Å². The molecule has 2 aromatic rings. The van der Waals surface area contributed by atoms with Gasteiger partial charge < -0.3 is 15.5 Å². The van der Waals surface area contributed by atoms with Gasteiger partial charge >= 0.3 is 0 Å². The topological polar surface area (TPSA) is 66.0 Å². The first-order chi connectivity index (χ1) is 9.54. The highest BCUT2D eigenvalue weighted by molar-refractivity contribution is 7.80. The molecular formula is C12H13ClN6S. The summed E-state index contributed by atoms with van der Waals surface area (Å²) in [5.74, 6) is 0.747. The van der Waals surface area contributed by atoms with E-state index < -0.39 is 0 Å². The smallest absolute Gasteiger partial charge is 0.235 e. The van der Waals surface area contributed by atoms with Gasteiger partial charge in [0.1, 0.15) is 0 Å². The van der Waals surface area contributed by atoms with Crippen molar-refractivity contribution in [1.29, 1.82) is 0 Å². The first-order valence-electron chi connectivity index (χ1n) is 5.76. The molecule has 2 rings (SSSR count). The summed E-state index contributed by atoms with van der Waals surface area (Å²) >= 11 is 11.0. The summed E-state index contributed by atoms with van der Waals surface area (Å²) in [6, 6.07) is 9.56. The molecule has 0 spiro atoms. The van der Waals surface area contributed by atoms with Crippen LogP contribution in [0.1, 0.15) is 0 Å². The lowest BCUT2D eigenvalue weighted by molar-refractivity contribution is 0.963. The van der Waals surface area contributed by atoms with Crippen LogP contribution >= 0.6 is 23.8 Å². The van der Waals surface area contributed by atoms with Crippen molar-refractivity contribution in [2.75, 3.05) is 29.6 Å². The first-order valence-corrected chi connectivity index (χ1v) is 6.55. The van der Waals surface area contributed by atoms with Crippen LogP contribution in [-0.4, -0.2) is 34.2 Å². The number of rotatable bonds is 3. The predicted molar refractivity (Wildman–Crippen MR) is 85.4 cm³/mol. The highest BCUT2D eigenvalue weighted by Crippen LogP contribution is 2.12. The Balaban J connectivity index is 2.08. The summed E-state index contributed by atoms with van der Waals surface area (Å²) in [7, 11) is 3.63. The van der Waals surface area contributed by atoms with Crippen molar-refractivity contribution in [3.63, 3.8) is 0 Å². The Kier molecular flexibility index (Phi) is 4.65. The highest BCUT2D eigenvalue weighted by Gasteiger charge is 2.08. The van der Waals surface area contributed by atoms with E-state index in [1.165, 1.54) is 0 Å². The molecule has 0 amide bonds. The van der Waals surface area contributed by atoms with Crippen LogP contribution in [0.5, 0.6) is 0 Å². The van der Waals surface area contributed by atoms with E-state index in [-0.39, 0.29) is 5.28 Å². The average molecular weight is 309 g/mol. The SMILES string of the molecule is CN(C)c1nc(Cl)nc(NC(=S)Nc2ccccc2)n1. The molecule has 0 radical (unpaired) electrons. The number of hydrogen-bond donors (Lipinski definition) is 2. The van der Waals surface area contributed by atoms with Crippen molar-refractivity contribution in [3.05, 3.63) is 35.6 Å². The lowest BCUT2D eigenvalue weighted by Gasteiger charge is -2.13. The lowest BCUT2D eigenvalue weighted by atomic mass is 10.3. The standard InChI is InChI=1S/C12H13ClN6S/c1-19(2)11-16-9(13)15-10(17-11)18-12(20)14-8-6-4-3-5-7-8/h3-7H,1-2H3,(H2,14,15,16,17,18,20). The number of halogens is 1. The molecule has 0 atom stereocenters. The summed E-state index contributed by atoms with van der Waals surface area (Å²) in [6.45, 7) is 0. The van der Waals surface area contributed by atoms with Gasteiger partial charge in [-0.2, -0.15) is 15.0 Å². The largest absolute Gasteiger partial charge is 0.347 e. The zero-order chi connectivity index (χ0) is 14.5. The lowest BCUT2D eigenvalue weighted by Crippen LogP contribution is -2.22. The molecule has 0 aliphatic carbocycles. The number of hydrogen-bond acceptors (Lipinski definition) is 5. The third kappa shape index (κ3) is 4.01. The fourth-order valence-electron chi connectivity index (χ4n) is 1.38. The van der Waals surface area contributed by atoms with Crippen LogP contribution in [0.15, 0.2) is 30.3 Å². The molecule has 0 saturated carbocycles. The minimum absolute atomic E-state index is 0.105. The number of nitrogens with zero attached hydrogens (tertiary/aromatic N) is 4. The monoisotopic (exact) mass is 308 g/mol. The zero-order valence-electron chi connectivity index (χ0n) is 11.0. The minimum atomic E-state index is 0.105. The molecule has 0 saturated heterocycles. The maximum absolute atomic E-state index is 5.85. The molecule has 0 aliphatic rings. The number of para-hydroxylation sites is 1. The Hall–Kier alpha value is -1.99. The second kappa shape index (κ2) is 6.44. The van der Waals surface area contributed by atoms with Gasteiger partial charge in [-0.05, 0) is 36.0 Å². The van der Waals surface area contributed by atoms with Gasteiger partial charge in [-0.25, -0.2) is 0 Å². The van der Waals surface area contributed by atoms with Gasteiger partial charge in [0.25, 0.3) is 0 Å². The van der Waals surface area contributed by atoms with E-state index in [1.54, 1.807) is 4.90 Å². The maximum atomic E-state index is 5.85. The van der Waals surface area contributed by atoms with E-state index in [0.29, 0.717) is 17.0 Å². The summed E-state index contributed by atoms with van der Waals surface area (Å²) in [5.41, 5.74) is 0.873. The number of aromatic nitrogens is 3. The Bertz CT molecular complexity index is 604. The van der Waals surface area contributed by atoms with Crippen LogP contribution in [0.3, 0.4) is 0 Å². The summed E-state index contributed by atoms with van der Waals surface area (Å²) in [6.07, 6.45) is 0. The van der Waals surface area contributed by atoms with Crippen molar-refractivity contribution in [2.24, 2.45) is 0 Å². The molecule has 1 aromatic carbocycles. The molecule has 104 valence electrons. The first kappa shape index (κ1) is 14.4. The van der Waals surface area contributed by atoms with E-state index in [9.17, 15) is 0 Å². The average Bonchev–Trinajstić information content (AvgIpc) is 2.38. The fourth-order valence-corrected chi connectivity index (χ4v) is 1.75. The van der Waals surface area contributed by atoms with Crippen molar-refractivity contribution in [3.8, 4) is 0 Å². The highest BCUT2D eigenvalue weighted by atomic mass is 35.5. The van der Waals surface area contributed by atoms with Crippen LogP contribution in [0.4, 0.5) is 17.6 Å². The molecule has 2 N–H and O–H groups in total. The van der Waals surface area contributed by atoms with Crippen molar-refractivity contribution >= 4 is 46.5 Å². The quantitative estimate of drug-likeness (QED) is 0.844. The maximum Gasteiger partial charge on any atom is 0.235 e. The molecular weight excluding hydrogens is 296 g/mol. The Labute approximate surface area is 127 Å². The van der Waals surface area contributed by atoms with Gasteiger partial charge in [-0.15, -0.1) is 0 Å². The summed E-state index contributed by atoms with van der Waals surface area (Å²) < 4.78 is 0. The Morgan fingerprint density at radius 2 is 1.80 bits per heavy atom. The molecule has 8 heteroatoms. The normalized spacial score (nSPS) is 9.95. The molecule has 0 fully saturated rings. The van der Waals surface area contributed by atoms with Crippen LogP contribution < -0.4 is 15.5 Å². The van der Waals surface area contributed by atoms with E-state index in [4.69, 9.17) is 23.8 Å². The number of thiocarbonyl (C=S) groups is 1. The number of benzene rings is 1. The van der Waals surface area contributed by atoms with Gasteiger partial charge in [0, 0.05) is 19.8 Å². The zero-order valence-corrected chi connectivity index (χ0v) is 12.5. The predicted octanol–water partition coefficient (Wildman–Crippen LogP) is 2.40. The molecule has 6 nitrogen and oxygen atoms in total. The molecule has 1 aromatic heterocycles. The third-order valence-electron chi connectivity index (χ3n) is 2.25. The van der Waals surface area contributed by atoms with Crippen molar-refractivity contribution in [2.45, 2.75) is 0 Å². The minimum Gasteiger partial charge on any atom is -0.347 e. The van der Waals surface area contributed by atoms with Crippen molar-refractivity contribution < 1.29 is 0 Å². The number of nitrogens with one attached hydrogen (secondary N) is 2. The second-order valence-corrected chi connectivity index (χ2v) is 4.81. The van der Waals surface area contributed by atoms with Crippen molar-refractivity contribution in [1.82, 2.24) is 15.0 Å². The number of anilines is 3. The molecule has 0 bridgehead atoms. The van der Waals surface area contributed by atoms with E-state index >= 15 is 0 Å². The summed E-state index contributed by atoms with van der Waals surface area (Å²) in [4.78, 5) is 13.9. The molecule has 1 heterocycles. The van der Waals surface area contributed by atoms with Gasteiger partial charge in [0.05, 0.1) is 0 Å². The molecule has 0 unspecified atom stereocenters. The molecule has 20 heavy (non-hydrogen) atoms. The van der Waals surface area contributed by atoms with Gasteiger partial charge in [-0.1, -0.05) is 18.2 Å². The van der Waals surface area contributed by atoms with Crippen LogP contribution in [0, 0.1) is 0 Å². The van der Waals surface area contributed by atoms with E-state index in [0.717, 1.165) is 5.69 Å². The molecule has 0 aliphatic heterocycles. The van der Waals surface area contributed by atoms with Gasteiger partial charge in [-0.3, -0.25) is 0 Å². The van der Waals surface area contributed by atoms with E-state index in [1.807, 2.05) is 44.4 Å². The second-order valence-electron chi connectivity index (χ2n) is 4.07. The van der Waals surface area contributed by atoms with Crippen LogP contribution in [0.2, 0.25) is 5.28 Å². The third-order valence-corrected chi connectivity index (χ3v) is 2.63. The Morgan fingerprint density at radius 1 is 1.10 bits per heavy atom. The summed E-state index contributed by atoms with van der Waals surface area (Å²) in [5, 5.41) is 6.38. The van der Waals surface area contributed by atoms with Gasteiger partial charge in [0.15, 0.2) is 5.11 Å². The van der Waals surface area contributed by atoms with Crippen LogP contribution in [0.25, 0.3) is 0 Å².